The van der Waals surface area contributed by atoms with E-state index in [2.05, 4.69) is 0 Å². The van der Waals surface area contributed by atoms with Crippen LogP contribution in [0.1, 0.15) is 21.3 Å². The Morgan fingerprint density at radius 3 is 2.55 bits per heavy atom. The van der Waals surface area contributed by atoms with E-state index in [4.69, 9.17) is 0 Å². The van der Waals surface area contributed by atoms with Gasteiger partial charge in [-0.3, -0.25) is 9.59 Å². The number of rotatable bonds is 3. The number of nitrogens with zero attached hydrogens (tertiary/aromatic N) is 1. The highest BCUT2D eigenvalue weighted by molar-refractivity contribution is 7.12. The molecule has 1 aromatic heterocycles. The van der Waals surface area contributed by atoms with Crippen LogP contribution in [0.4, 0.5) is 4.39 Å². The van der Waals surface area contributed by atoms with Crippen LogP contribution >= 0.6 is 11.3 Å². The summed E-state index contributed by atoms with van der Waals surface area (Å²) in [5.74, 6) is -1.96. The highest BCUT2D eigenvalue weighted by Gasteiger charge is 2.42. The lowest BCUT2D eigenvalue weighted by atomic mass is 9.96. The van der Waals surface area contributed by atoms with Crippen LogP contribution in [-0.4, -0.2) is 28.7 Å². The molecule has 0 radical (unpaired) electrons. The molecule has 1 atom stereocenters. The quantitative estimate of drug-likeness (QED) is 0.885. The molecule has 1 amide bonds. The molecule has 0 aliphatic carbocycles. The number of ketones is 1. The van der Waals surface area contributed by atoms with Gasteiger partial charge in [-0.2, -0.15) is 0 Å². The molecule has 0 fully saturated rings. The van der Waals surface area contributed by atoms with Gasteiger partial charge in [0.1, 0.15) is 5.82 Å². The summed E-state index contributed by atoms with van der Waals surface area (Å²) >= 11 is 1.24. The number of aliphatic hydroxyl groups excluding tert-OH is 1. The Balaban J connectivity index is 2.09. The van der Waals surface area contributed by atoms with E-state index in [1.165, 1.54) is 47.5 Å². The number of hydrogen-bond donors (Lipinski definition) is 1. The van der Waals surface area contributed by atoms with Gasteiger partial charge in [0, 0.05) is 7.05 Å². The minimum atomic E-state index is -0.720. The molecule has 6 heteroatoms. The van der Waals surface area contributed by atoms with E-state index in [1.54, 1.807) is 17.5 Å². The minimum absolute atomic E-state index is 0.0292. The lowest BCUT2D eigenvalue weighted by molar-refractivity contribution is -0.128. The summed E-state index contributed by atoms with van der Waals surface area (Å²) in [4.78, 5) is 26.4. The van der Waals surface area contributed by atoms with Gasteiger partial charge >= 0.3 is 0 Å². The summed E-state index contributed by atoms with van der Waals surface area (Å²) in [6, 6.07) is 8.17. The molecule has 112 valence electrons. The first-order valence-electron chi connectivity index (χ1n) is 6.54. The van der Waals surface area contributed by atoms with Gasteiger partial charge in [-0.25, -0.2) is 4.39 Å². The summed E-state index contributed by atoms with van der Waals surface area (Å²) in [6.45, 7) is 0. The van der Waals surface area contributed by atoms with Gasteiger partial charge in [0.25, 0.3) is 5.91 Å². The Bertz CT molecular complexity index is 765. The maximum absolute atomic E-state index is 13.1. The molecule has 2 heterocycles. The van der Waals surface area contributed by atoms with E-state index in [-0.39, 0.29) is 11.4 Å². The Morgan fingerprint density at radius 1 is 1.27 bits per heavy atom. The lowest BCUT2D eigenvalue weighted by Gasteiger charge is -2.22. The number of hydrogen-bond acceptors (Lipinski definition) is 4. The third kappa shape index (κ3) is 2.21. The number of Topliss-reactive ketones (excluding diaryl/α,β-unsaturated/α-hetero) is 1. The topological polar surface area (TPSA) is 57.6 Å². The highest BCUT2D eigenvalue weighted by atomic mass is 32.1. The fourth-order valence-corrected chi connectivity index (χ4v) is 3.21. The monoisotopic (exact) mass is 317 g/mol. The van der Waals surface area contributed by atoms with E-state index in [0.717, 1.165) is 0 Å². The molecule has 22 heavy (non-hydrogen) atoms. The zero-order valence-corrected chi connectivity index (χ0v) is 12.4. The highest BCUT2D eigenvalue weighted by Crippen LogP contribution is 2.38. The van der Waals surface area contributed by atoms with Gasteiger partial charge in [0.2, 0.25) is 5.78 Å². The predicted octanol–water partition coefficient (Wildman–Crippen LogP) is 3.10. The molecule has 0 saturated heterocycles. The molecule has 1 aliphatic rings. The van der Waals surface area contributed by atoms with Crippen LogP contribution in [0.15, 0.2) is 53.1 Å². The molecule has 1 unspecified atom stereocenters. The number of carbonyl (C=O) groups excluding carboxylic acids is 2. The second-order valence-corrected chi connectivity index (χ2v) is 5.89. The number of benzene rings is 1. The molecule has 0 bridgehead atoms. The van der Waals surface area contributed by atoms with Gasteiger partial charge in [0.05, 0.1) is 16.5 Å². The van der Waals surface area contributed by atoms with Crippen molar-refractivity contribution in [3.8, 4) is 0 Å². The van der Waals surface area contributed by atoms with Crippen molar-refractivity contribution in [1.29, 1.82) is 0 Å². The number of thiophene rings is 1. The molecular weight excluding hydrogens is 305 g/mol. The second kappa shape index (κ2) is 5.38. The van der Waals surface area contributed by atoms with Crippen LogP contribution in [-0.2, 0) is 4.79 Å². The molecule has 2 aromatic rings. The molecule has 1 aliphatic heterocycles. The summed E-state index contributed by atoms with van der Waals surface area (Å²) < 4.78 is 13.1. The van der Waals surface area contributed by atoms with Gasteiger partial charge in [0.15, 0.2) is 5.76 Å². The summed E-state index contributed by atoms with van der Waals surface area (Å²) in [6.07, 6.45) is 0. The number of halogens is 1. The van der Waals surface area contributed by atoms with Crippen molar-refractivity contribution in [2.24, 2.45) is 0 Å². The number of amides is 1. The first-order chi connectivity index (χ1) is 10.5. The Morgan fingerprint density at radius 2 is 1.95 bits per heavy atom. The first-order valence-corrected chi connectivity index (χ1v) is 7.42. The van der Waals surface area contributed by atoms with Crippen LogP contribution in [0.25, 0.3) is 0 Å². The van der Waals surface area contributed by atoms with Gasteiger partial charge in [-0.15, -0.1) is 11.3 Å². The molecule has 0 spiro atoms. The van der Waals surface area contributed by atoms with E-state index < -0.39 is 23.5 Å². The zero-order valence-electron chi connectivity index (χ0n) is 11.6. The van der Waals surface area contributed by atoms with Crippen molar-refractivity contribution in [2.45, 2.75) is 6.04 Å². The average molecular weight is 317 g/mol. The van der Waals surface area contributed by atoms with E-state index >= 15 is 0 Å². The van der Waals surface area contributed by atoms with Crippen molar-refractivity contribution in [3.63, 3.8) is 0 Å². The number of aliphatic hydroxyl groups is 1. The number of carbonyl (C=O) groups is 2. The summed E-state index contributed by atoms with van der Waals surface area (Å²) in [5, 5.41) is 11.8. The maximum Gasteiger partial charge on any atom is 0.289 e. The van der Waals surface area contributed by atoms with Crippen molar-refractivity contribution >= 4 is 23.0 Å². The third-order valence-electron chi connectivity index (χ3n) is 3.61. The normalized spacial score (nSPS) is 18.2. The fraction of sp³-hybridized carbons (Fsp3) is 0.125. The summed E-state index contributed by atoms with van der Waals surface area (Å²) in [5.41, 5.74) is 0.600. The van der Waals surface area contributed by atoms with Gasteiger partial charge in [-0.1, -0.05) is 18.2 Å². The Hall–Kier alpha value is -2.47. The predicted molar refractivity (Wildman–Crippen MR) is 80.2 cm³/mol. The SMILES string of the molecule is CN1C(=O)C(O)=C(C(=O)c2cccs2)C1c1ccc(F)cc1. The van der Waals surface area contributed by atoms with Crippen molar-refractivity contribution < 1.29 is 19.1 Å². The van der Waals surface area contributed by atoms with Gasteiger partial charge in [-0.05, 0) is 29.1 Å². The Kier molecular flexibility index (Phi) is 3.54. The molecule has 1 N–H and O–H groups in total. The number of likely N-dealkylation sites (N-methyl/N-ethyl adjacent to an activating group) is 1. The fourth-order valence-electron chi connectivity index (χ4n) is 2.53. The molecule has 4 nitrogen and oxygen atoms in total. The lowest BCUT2D eigenvalue weighted by Crippen LogP contribution is -2.26. The maximum atomic E-state index is 13.1. The van der Waals surface area contributed by atoms with Gasteiger partial charge < -0.3 is 10.0 Å². The van der Waals surface area contributed by atoms with Crippen molar-refractivity contribution in [1.82, 2.24) is 4.90 Å². The summed E-state index contributed by atoms with van der Waals surface area (Å²) in [7, 11) is 1.50. The molecule has 0 saturated carbocycles. The standard InChI is InChI=1S/C16H12FNO3S/c1-18-13(9-4-6-10(17)7-5-9)12(15(20)16(18)21)14(19)11-3-2-8-22-11/h2-8,13,20H,1H3. The van der Waals surface area contributed by atoms with Crippen molar-refractivity contribution in [2.75, 3.05) is 7.05 Å². The third-order valence-corrected chi connectivity index (χ3v) is 4.48. The minimum Gasteiger partial charge on any atom is -0.503 e. The Labute approximate surface area is 130 Å². The van der Waals surface area contributed by atoms with Crippen LogP contribution in [0.2, 0.25) is 0 Å². The molecular formula is C16H12FNO3S. The van der Waals surface area contributed by atoms with Crippen LogP contribution < -0.4 is 0 Å². The van der Waals surface area contributed by atoms with Crippen LogP contribution in [0.3, 0.4) is 0 Å². The van der Waals surface area contributed by atoms with E-state index in [1.807, 2.05) is 0 Å². The average Bonchev–Trinajstić information content (AvgIpc) is 3.11. The molecule has 1 aromatic carbocycles. The van der Waals surface area contributed by atoms with Crippen molar-refractivity contribution in [3.05, 3.63) is 69.4 Å². The molecule has 3 rings (SSSR count). The first kappa shape index (κ1) is 14.5. The van der Waals surface area contributed by atoms with Crippen LogP contribution in [0.5, 0.6) is 0 Å². The smallest absolute Gasteiger partial charge is 0.289 e. The largest absolute Gasteiger partial charge is 0.503 e. The van der Waals surface area contributed by atoms with Crippen LogP contribution in [0, 0.1) is 5.82 Å². The van der Waals surface area contributed by atoms with E-state index in [9.17, 15) is 19.1 Å². The zero-order chi connectivity index (χ0) is 15.9. The van der Waals surface area contributed by atoms with E-state index in [0.29, 0.717) is 10.4 Å². The second-order valence-electron chi connectivity index (χ2n) is 4.94.